The third-order valence-corrected chi connectivity index (χ3v) is 5.96. The van der Waals surface area contributed by atoms with Gasteiger partial charge in [0, 0.05) is 32.7 Å². The van der Waals surface area contributed by atoms with Crippen LogP contribution in [-0.2, 0) is 17.9 Å². The van der Waals surface area contributed by atoms with Gasteiger partial charge in [-0.15, -0.1) is 0 Å². The number of carbonyl (C=O) groups excluding carboxylic acids is 1. The van der Waals surface area contributed by atoms with Crippen LogP contribution in [0.4, 0.5) is 0 Å². The topological polar surface area (TPSA) is 41.4 Å². The van der Waals surface area contributed by atoms with Crippen molar-refractivity contribution in [3.05, 3.63) is 50.2 Å². The van der Waals surface area contributed by atoms with Crippen LogP contribution in [0.25, 0.3) is 0 Å². The van der Waals surface area contributed by atoms with E-state index in [4.69, 9.17) is 23.2 Å². The number of carbonyl (C=O) groups is 1. The van der Waals surface area contributed by atoms with Gasteiger partial charge in [0.25, 0.3) is 0 Å². The zero-order chi connectivity index (χ0) is 18.0. The Morgan fingerprint density at radius 1 is 1.20 bits per heavy atom. The highest BCUT2D eigenvalue weighted by Crippen LogP contribution is 2.23. The van der Waals surface area contributed by atoms with E-state index in [0.717, 1.165) is 48.5 Å². The molecule has 0 radical (unpaired) electrons. The molecule has 0 aliphatic carbocycles. The van der Waals surface area contributed by atoms with Crippen molar-refractivity contribution in [2.24, 2.45) is 0 Å². The first-order valence-corrected chi connectivity index (χ1v) is 9.61. The summed E-state index contributed by atoms with van der Waals surface area (Å²) in [5.41, 5.74) is 2.10. The van der Waals surface area contributed by atoms with Crippen molar-refractivity contribution in [3.8, 4) is 0 Å². The fourth-order valence-electron chi connectivity index (χ4n) is 2.86. The molecule has 0 bridgehead atoms. The molecule has 0 N–H and O–H groups in total. The zero-order valence-electron chi connectivity index (χ0n) is 13.9. The molecule has 5 nitrogen and oxygen atoms in total. The maximum absolute atomic E-state index is 12.5. The maximum atomic E-state index is 12.5. The van der Waals surface area contributed by atoms with Crippen molar-refractivity contribution < 1.29 is 4.79 Å². The highest BCUT2D eigenvalue weighted by Gasteiger charge is 2.22. The quantitative estimate of drug-likeness (QED) is 0.721. The molecule has 1 amide bonds. The number of hydrogen-bond donors (Lipinski definition) is 0. The van der Waals surface area contributed by atoms with E-state index in [-0.39, 0.29) is 12.5 Å². The maximum Gasteiger partial charge on any atom is 0.244 e. The number of halogens is 3. The van der Waals surface area contributed by atoms with Crippen molar-refractivity contribution >= 4 is 45.0 Å². The summed E-state index contributed by atoms with van der Waals surface area (Å²) in [4.78, 5) is 16.7. The monoisotopic (exact) mass is 444 g/mol. The van der Waals surface area contributed by atoms with Gasteiger partial charge in [0.2, 0.25) is 5.91 Å². The highest BCUT2D eigenvalue weighted by molar-refractivity contribution is 9.10. The van der Waals surface area contributed by atoms with Crippen molar-refractivity contribution in [3.63, 3.8) is 0 Å². The van der Waals surface area contributed by atoms with Crippen molar-refractivity contribution in [1.82, 2.24) is 19.6 Å². The number of aromatic nitrogens is 2. The van der Waals surface area contributed by atoms with E-state index in [1.54, 1.807) is 10.9 Å². The van der Waals surface area contributed by atoms with E-state index in [1.807, 2.05) is 30.0 Å². The average Bonchev–Trinajstić information content (AvgIpc) is 2.91. The smallest absolute Gasteiger partial charge is 0.244 e. The Morgan fingerprint density at radius 2 is 1.92 bits per heavy atom. The third-order valence-electron chi connectivity index (χ3n) is 4.44. The van der Waals surface area contributed by atoms with Crippen LogP contribution in [0.5, 0.6) is 0 Å². The Morgan fingerprint density at radius 3 is 2.52 bits per heavy atom. The summed E-state index contributed by atoms with van der Waals surface area (Å²) < 4.78 is 2.65. The molecule has 0 spiro atoms. The summed E-state index contributed by atoms with van der Waals surface area (Å²) >= 11 is 15.4. The molecular formula is C17H19BrCl2N4O. The van der Waals surface area contributed by atoms with Gasteiger partial charge in [-0.25, -0.2) is 0 Å². The van der Waals surface area contributed by atoms with Crippen molar-refractivity contribution in [2.45, 2.75) is 20.0 Å². The minimum absolute atomic E-state index is 0.105. The molecule has 0 saturated carbocycles. The summed E-state index contributed by atoms with van der Waals surface area (Å²) in [7, 11) is 0. The first-order chi connectivity index (χ1) is 11.9. The molecule has 1 aliphatic heterocycles. The van der Waals surface area contributed by atoms with Gasteiger partial charge in [-0.2, -0.15) is 5.10 Å². The normalized spacial score (nSPS) is 15.6. The lowest BCUT2D eigenvalue weighted by Gasteiger charge is -2.34. The summed E-state index contributed by atoms with van der Waals surface area (Å²) in [5.74, 6) is 0.105. The number of rotatable bonds is 4. The first-order valence-electron chi connectivity index (χ1n) is 8.06. The molecular weight excluding hydrogens is 427 g/mol. The Labute approximate surface area is 165 Å². The molecule has 1 aromatic heterocycles. The lowest BCUT2D eigenvalue weighted by molar-refractivity contribution is -0.133. The zero-order valence-corrected chi connectivity index (χ0v) is 17.0. The second kappa shape index (κ2) is 8.08. The molecule has 134 valence electrons. The molecule has 0 atom stereocenters. The van der Waals surface area contributed by atoms with Crippen LogP contribution >= 0.6 is 39.1 Å². The molecule has 3 rings (SSSR count). The summed E-state index contributed by atoms with van der Waals surface area (Å²) in [6.45, 7) is 6.17. The third kappa shape index (κ3) is 4.56. The van der Waals surface area contributed by atoms with Gasteiger partial charge in [0.05, 0.1) is 26.4 Å². The molecule has 0 unspecified atom stereocenters. The first kappa shape index (κ1) is 18.7. The van der Waals surface area contributed by atoms with Gasteiger partial charge in [0.15, 0.2) is 0 Å². The van der Waals surface area contributed by atoms with E-state index < -0.39 is 0 Å². The molecule has 1 aromatic carbocycles. The second-order valence-corrected chi connectivity index (χ2v) is 7.81. The van der Waals surface area contributed by atoms with E-state index >= 15 is 0 Å². The minimum atomic E-state index is 0.105. The molecule has 2 aromatic rings. The van der Waals surface area contributed by atoms with E-state index in [2.05, 4.69) is 25.9 Å². The van der Waals surface area contributed by atoms with Crippen LogP contribution in [0.1, 0.15) is 11.3 Å². The predicted molar refractivity (Wildman–Crippen MR) is 103 cm³/mol. The van der Waals surface area contributed by atoms with Gasteiger partial charge in [-0.1, -0.05) is 29.3 Å². The number of amides is 1. The van der Waals surface area contributed by atoms with Crippen molar-refractivity contribution in [2.75, 3.05) is 26.2 Å². The SMILES string of the molecule is Cc1c(Br)cnn1CC(=O)N1CCN(Cc2ccc(Cl)c(Cl)c2)CC1. The fraction of sp³-hybridized carbons (Fsp3) is 0.412. The number of piperazine rings is 1. The van der Waals surface area contributed by atoms with Crippen LogP contribution in [0.2, 0.25) is 10.0 Å². The summed E-state index contributed by atoms with van der Waals surface area (Å²) in [5, 5.41) is 5.37. The van der Waals surface area contributed by atoms with Gasteiger partial charge in [-0.3, -0.25) is 14.4 Å². The molecule has 25 heavy (non-hydrogen) atoms. The molecule has 1 saturated heterocycles. The van der Waals surface area contributed by atoms with Crippen LogP contribution in [0.3, 0.4) is 0 Å². The van der Waals surface area contributed by atoms with Crippen LogP contribution in [-0.4, -0.2) is 51.7 Å². The molecule has 2 heterocycles. The molecule has 1 aliphatic rings. The molecule has 1 fully saturated rings. The van der Waals surface area contributed by atoms with Crippen LogP contribution < -0.4 is 0 Å². The van der Waals surface area contributed by atoms with E-state index in [0.29, 0.717) is 10.0 Å². The van der Waals surface area contributed by atoms with Crippen LogP contribution in [0.15, 0.2) is 28.9 Å². The number of nitrogens with zero attached hydrogens (tertiary/aromatic N) is 4. The average molecular weight is 446 g/mol. The van der Waals surface area contributed by atoms with Gasteiger partial charge >= 0.3 is 0 Å². The second-order valence-electron chi connectivity index (χ2n) is 6.14. The fourth-order valence-corrected chi connectivity index (χ4v) is 3.48. The van der Waals surface area contributed by atoms with Gasteiger partial charge in [0.1, 0.15) is 6.54 Å². The highest BCUT2D eigenvalue weighted by atomic mass is 79.9. The van der Waals surface area contributed by atoms with E-state index in [9.17, 15) is 4.79 Å². The Balaban J connectivity index is 1.52. The Kier molecular flexibility index (Phi) is 6.04. The minimum Gasteiger partial charge on any atom is -0.339 e. The van der Waals surface area contributed by atoms with Gasteiger partial charge in [-0.05, 0) is 40.5 Å². The molecule has 8 heteroatoms. The van der Waals surface area contributed by atoms with E-state index in [1.165, 1.54) is 0 Å². The number of hydrogen-bond acceptors (Lipinski definition) is 3. The lowest BCUT2D eigenvalue weighted by Crippen LogP contribution is -2.49. The summed E-state index contributed by atoms with van der Waals surface area (Å²) in [6, 6.07) is 5.72. The van der Waals surface area contributed by atoms with Gasteiger partial charge < -0.3 is 4.90 Å². The van der Waals surface area contributed by atoms with Crippen LogP contribution in [0, 0.1) is 6.92 Å². The predicted octanol–water partition coefficient (Wildman–Crippen LogP) is 3.61. The standard InChI is InChI=1S/C17H19BrCl2N4O/c1-12-14(18)9-21-24(12)11-17(25)23-6-4-22(5-7-23)10-13-2-3-15(19)16(20)8-13/h2-3,8-9H,4-7,10-11H2,1H3. The Bertz CT molecular complexity index is 772. The summed E-state index contributed by atoms with van der Waals surface area (Å²) in [6.07, 6.45) is 1.72. The van der Waals surface area contributed by atoms with Crippen molar-refractivity contribution in [1.29, 1.82) is 0 Å². The Hall–Kier alpha value is -1.08. The lowest BCUT2D eigenvalue weighted by atomic mass is 10.2. The largest absolute Gasteiger partial charge is 0.339 e. The number of benzene rings is 1.